The van der Waals surface area contributed by atoms with Crippen molar-refractivity contribution >= 4 is 29.3 Å². The highest BCUT2D eigenvalue weighted by molar-refractivity contribution is 7.99. The minimum atomic E-state index is -1.21. The first kappa shape index (κ1) is 16.9. The van der Waals surface area contributed by atoms with Gasteiger partial charge in [-0.1, -0.05) is 30.3 Å². The van der Waals surface area contributed by atoms with E-state index in [1.807, 2.05) is 30.3 Å². The van der Waals surface area contributed by atoms with Crippen LogP contribution in [-0.4, -0.2) is 27.3 Å². The summed E-state index contributed by atoms with van der Waals surface area (Å²) in [5, 5.41) is 20.7. The maximum Gasteiger partial charge on any atom is 0.337 e. The highest BCUT2D eigenvalue weighted by Crippen LogP contribution is 2.23. The molecule has 0 saturated carbocycles. The lowest BCUT2D eigenvalue weighted by molar-refractivity contribution is -0.115. The molecule has 1 atom stereocenters. The molecule has 2 aromatic carbocycles. The zero-order valence-corrected chi connectivity index (χ0v) is 13.3. The number of carbonyl (C=O) groups is 2. The number of aromatic carboxylic acids is 1. The molecule has 0 saturated heterocycles. The van der Waals surface area contributed by atoms with Crippen LogP contribution in [0.2, 0.25) is 0 Å². The number of rotatable bonds is 6. The Morgan fingerprint density at radius 1 is 1.17 bits per heavy atom. The molecular formula is C17H17NO4S. The molecular weight excluding hydrogens is 314 g/mol. The van der Waals surface area contributed by atoms with E-state index < -0.39 is 5.97 Å². The van der Waals surface area contributed by atoms with Gasteiger partial charge in [-0.05, 0) is 30.7 Å². The number of carboxylic acids is 1. The number of carboxylic acid groups (broad SMARTS) is 1. The minimum Gasteiger partial charge on any atom is -0.508 e. The van der Waals surface area contributed by atoms with Crippen LogP contribution >= 0.6 is 11.8 Å². The largest absolute Gasteiger partial charge is 0.508 e. The minimum absolute atomic E-state index is 0.140. The second kappa shape index (κ2) is 7.69. The Morgan fingerprint density at radius 3 is 2.52 bits per heavy atom. The van der Waals surface area contributed by atoms with Gasteiger partial charge in [-0.2, -0.15) is 0 Å². The summed E-state index contributed by atoms with van der Waals surface area (Å²) in [6, 6.07) is 13.6. The van der Waals surface area contributed by atoms with Crippen molar-refractivity contribution in [3.63, 3.8) is 0 Å². The number of nitrogens with one attached hydrogen (secondary N) is 1. The van der Waals surface area contributed by atoms with Gasteiger partial charge in [-0.3, -0.25) is 4.79 Å². The van der Waals surface area contributed by atoms with E-state index in [0.29, 0.717) is 5.75 Å². The second-order valence-electron chi connectivity index (χ2n) is 4.96. The second-order valence-corrected chi connectivity index (χ2v) is 6.29. The zero-order chi connectivity index (χ0) is 16.8. The summed E-state index contributed by atoms with van der Waals surface area (Å²) in [6.45, 7) is 1.77. The van der Waals surface area contributed by atoms with Gasteiger partial charge in [0.1, 0.15) is 5.75 Å². The van der Waals surface area contributed by atoms with Crippen molar-refractivity contribution in [2.75, 3.05) is 5.32 Å². The molecule has 0 aliphatic heterocycles. The monoisotopic (exact) mass is 331 g/mol. The first-order chi connectivity index (χ1) is 11.0. The van der Waals surface area contributed by atoms with Gasteiger partial charge >= 0.3 is 5.97 Å². The number of aromatic hydroxyl groups is 1. The lowest BCUT2D eigenvalue weighted by Gasteiger charge is -2.13. The smallest absolute Gasteiger partial charge is 0.337 e. The lowest BCUT2D eigenvalue weighted by atomic mass is 10.1. The number of phenolic OH excluding ortho intramolecular Hbond substituents is 1. The normalized spacial score (nSPS) is 11.7. The van der Waals surface area contributed by atoms with Gasteiger partial charge in [0.05, 0.1) is 16.5 Å². The first-order valence-electron chi connectivity index (χ1n) is 7.00. The third-order valence-electron chi connectivity index (χ3n) is 3.20. The highest BCUT2D eigenvalue weighted by Gasteiger charge is 2.18. The number of hydrogen-bond acceptors (Lipinski definition) is 4. The number of benzene rings is 2. The van der Waals surface area contributed by atoms with Crippen LogP contribution in [0.5, 0.6) is 5.75 Å². The topological polar surface area (TPSA) is 86.6 Å². The molecule has 0 aliphatic carbocycles. The van der Waals surface area contributed by atoms with Gasteiger partial charge in [0, 0.05) is 5.75 Å². The number of phenols is 1. The summed E-state index contributed by atoms with van der Waals surface area (Å²) < 4.78 is 0. The Morgan fingerprint density at radius 2 is 1.87 bits per heavy atom. The highest BCUT2D eigenvalue weighted by atomic mass is 32.2. The standard InChI is InChI=1S/C17H17NO4S/c1-11(23-10-12-5-3-2-4-6-12)16(20)18-15-8-7-13(19)9-14(15)17(21)22/h2-9,11,19H,10H2,1H3,(H,18,20)(H,21,22)/t11-/m1/s1. The van der Waals surface area contributed by atoms with Crippen LogP contribution in [0.3, 0.4) is 0 Å². The van der Waals surface area contributed by atoms with Gasteiger partial charge in [-0.25, -0.2) is 4.79 Å². The van der Waals surface area contributed by atoms with Crippen molar-refractivity contribution in [1.82, 2.24) is 0 Å². The van der Waals surface area contributed by atoms with E-state index in [1.165, 1.54) is 23.9 Å². The predicted molar refractivity (Wildman–Crippen MR) is 90.9 cm³/mol. The third-order valence-corrected chi connectivity index (χ3v) is 4.42. The summed E-state index contributed by atoms with van der Waals surface area (Å²) in [4.78, 5) is 23.4. The van der Waals surface area contributed by atoms with Crippen molar-refractivity contribution in [2.24, 2.45) is 0 Å². The molecule has 0 unspecified atom stereocenters. The molecule has 0 heterocycles. The molecule has 0 bridgehead atoms. The van der Waals surface area contributed by atoms with Crippen LogP contribution in [0, 0.1) is 0 Å². The predicted octanol–water partition coefficient (Wildman–Crippen LogP) is 3.35. The van der Waals surface area contributed by atoms with E-state index in [-0.39, 0.29) is 28.2 Å². The Balaban J connectivity index is 2.00. The average molecular weight is 331 g/mol. The van der Waals surface area contributed by atoms with E-state index in [2.05, 4.69) is 5.32 Å². The number of anilines is 1. The molecule has 0 fully saturated rings. The number of thioether (sulfide) groups is 1. The number of carbonyl (C=O) groups excluding carboxylic acids is 1. The lowest BCUT2D eigenvalue weighted by Crippen LogP contribution is -2.23. The number of amides is 1. The first-order valence-corrected chi connectivity index (χ1v) is 8.05. The molecule has 0 aromatic heterocycles. The maximum absolute atomic E-state index is 12.2. The molecule has 5 nitrogen and oxygen atoms in total. The Bertz CT molecular complexity index is 703. The van der Waals surface area contributed by atoms with Gasteiger partial charge in [0.15, 0.2) is 0 Å². The van der Waals surface area contributed by atoms with Crippen molar-refractivity contribution in [3.05, 3.63) is 59.7 Å². The van der Waals surface area contributed by atoms with Gasteiger partial charge in [-0.15, -0.1) is 11.8 Å². The molecule has 3 N–H and O–H groups in total. The molecule has 0 radical (unpaired) electrons. The Labute approximate surface area is 138 Å². The summed E-state index contributed by atoms with van der Waals surface area (Å²) in [5.41, 5.74) is 1.15. The van der Waals surface area contributed by atoms with Crippen LogP contribution < -0.4 is 5.32 Å². The van der Waals surface area contributed by atoms with Crippen LogP contribution in [-0.2, 0) is 10.5 Å². The summed E-state index contributed by atoms with van der Waals surface area (Å²) in [7, 11) is 0. The van der Waals surface area contributed by atoms with Gasteiger partial charge < -0.3 is 15.5 Å². The van der Waals surface area contributed by atoms with Crippen molar-refractivity contribution in [3.8, 4) is 5.75 Å². The summed E-state index contributed by atoms with van der Waals surface area (Å²) >= 11 is 1.47. The van der Waals surface area contributed by atoms with Gasteiger partial charge in [0.25, 0.3) is 0 Å². The van der Waals surface area contributed by atoms with Crippen molar-refractivity contribution in [2.45, 2.75) is 17.9 Å². The van der Waals surface area contributed by atoms with E-state index in [9.17, 15) is 14.7 Å². The molecule has 23 heavy (non-hydrogen) atoms. The van der Waals surface area contributed by atoms with E-state index >= 15 is 0 Å². The maximum atomic E-state index is 12.2. The number of hydrogen-bond donors (Lipinski definition) is 3. The molecule has 0 spiro atoms. The van der Waals surface area contributed by atoms with E-state index in [0.717, 1.165) is 11.6 Å². The molecule has 6 heteroatoms. The van der Waals surface area contributed by atoms with E-state index in [4.69, 9.17) is 5.11 Å². The fourth-order valence-corrected chi connectivity index (χ4v) is 2.77. The molecule has 2 aromatic rings. The zero-order valence-electron chi connectivity index (χ0n) is 12.5. The summed E-state index contributed by atoms with van der Waals surface area (Å²) in [6.07, 6.45) is 0. The van der Waals surface area contributed by atoms with Gasteiger partial charge in [0.2, 0.25) is 5.91 Å². The van der Waals surface area contributed by atoms with Crippen LogP contribution in [0.25, 0.3) is 0 Å². The Kier molecular flexibility index (Phi) is 5.65. The fraction of sp³-hybridized carbons (Fsp3) is 0.176. The molecule has 2 rings (SSSR count). The quantitative estimate of drug-likeness (QED) is 0.707. The van der Waals surface area contributed by atoms with Crippen LogP contribution in [0.1, 0.15) is 22.8 Å². The van der Waals surface area contributed by atoms with Crippen molar-refractivity contribution < 1.29 is 19.8 Å². The third kappa shape index (κ3) is 4.75. The summed E-state index contributed by atoms with van der Waals surface area (Å²) in [5.74, 6) is -0.955. The van der Waals surface area contributed by atoms with Crippen LogP contribution in [0.4, 0.5) is 5.69 Å². The van der Waals surface area contributed by atoms with Crippen molar-refractivity contribution in [1.29, 1.82) is 0 Å². The fourth-order valence-electron chi connectivity index (χ4n) is 1.92. The Hall–Kier alpha value is -2.47. The average Bonchev–Trinajstić information content (AvgIpc) is 2.55. The molecule has 1 amide bonds. The van der Waals surface area contributed by atoms with E-state index in [1.54, 1.807) is 6.92 Å². The SMILES string of the molecule is C[C@@H](SCc1ccccc1)C(=O)Nc1ccc(O)cc1C(=O)O. The molecule has 120 valence electrons. The molecule has 0 aliphatic rings. The van der Waals surface area contributed by atoms with Crippen LogP contribution in [0.15, 0.2) is 48.5 Å².